The van der Waals surface area contributed by atoms with Crippen molar-refractivity contribution in [2.24, 2.45) is 0 Å². The molecule has 0 spiro atoms. The van der Waals surface area contributed by atoms with Crippen LogP contribution in [0.1, 0.15) is 24.3 Å². The maximum Gasteiger partial charge on any atom is 0.214 e. The third-order valence-corrected chi connectivity index (χ3v) is 1.99. The zero-order chi connectivity index (χ0) is 9.84. The van der Waals surface area contributed by atoms with Gasteiger partial charge in [-0.15, -0.1) is 0 Å². The molecule has 0 saturated carbocycles. The second-order valence-electron chi connectivity index (χ2n) is 2.80. The van der Waals surface area contributed by atoms with E-state index in [0.717, 1.165) is 0 Å². The van der Waals surface area contributed by atoms with Crippen molar-refractivity contribution >= 4 is 22.2 Å². The Morgan fingerprint density at radius 2 is 2.23 bits per heavy atom. The van der Waals surface area contributed by atoms with Gasteiger partial charge in [-0.05, 0) is 35.8 Å². The molecule has 3 nitrogen and oxygen atoms in total. The van der Waals surface area contributed by atoms with Crippen molar-refractivity contribution < 1.29 is 9.53 Å². The Morgan fingerprint density at radius 1 is 1.54 bits per heavy atom. The van der Waals surface area contributed by atoms with Crippen LogP contribution in [0.3, 0.4) is 0 Å². The van der Waals surface area contributed by atoms with E-state index in [9.17, 15) is 4.79 Å². The van der Waals surface area contributed by atoms with Gasteiger partial charge in [-0.25, -0.2) is 4.98 Å². The number of aldehydes is 1. The van der Waals surface area contributed by atoms with Gasteiger partial charge in [0.1, 0.15) is 5.69 Å². The number of carbonyl (C=O) groups excluding carboxylic acids is 1. The highest BCUT2D eigenvalue weighted by atomic mass is 79.9. The van der Waals surface area contributed by atoms with Gasteiger partial charge in [-0.1, -0.05) is 0 Å². The highest BCUT2D eigenvalue weighted by Gasteiger charge is 2.04. The molecule has 0 amide bonds. The van der Waals surface area contributed by atoms with E-state index in [-0.39, 0.29) is 6.10 Å². The molecule has 1 heterocycles. The van der Waals surface area contributed by atoms with Crippen molar-refractivity contribution in [3.05, 3.63) is 22.3 Å². The van der Waals surface area contributed by atoms with Gasteiger partial charge in [-0.2, -0.15) is 0 Å². The number of rotatable bonds is 3. The molecular weight excluding hydrogens is 234 g/mol. The van der Waals surface area contributed by atoms with Gasteiger partial charge < -0.3 is 4.74 Å². The average molecular weight is 244 g/mol. The molecule has 0 unspecified atom stereocenters. The van der Waals surface area contributed by atoms with Crippen molar-refractivity contribution in [2.75, 3.05) is 0 Å². The van der Waals surface area contributed by atoms with Crippen molar-refractivity contribution in [1.82, 2.24) is 4.98 Å². The summed E-state index contributed by atoms with van der Waals surface area (Å²) in [5, 5.41) is 0. The Hall–Kier alpha value is -0.900. The van der Waals surface area contributed by atoms with Crippen LogP contribution in [0, 0.1) is 0 Å². The zero-order valence-electron chi connectivity index (χ0n) is 7.45. The lowest BCUT2D eigenvalue weighted by atomic mass is 10.4. The quantitative estimate of drug-likeness (QED) is 0.766. The van der Waals surface area contributed by atoms with Gasteiger partial charge in [0.05, 0.1) is 6.10 Å². The number of nitrogens with zero attached hydrogens (tertiary/aromatic N) is 1. The lowest BCUT2D eigenvalue weighted by Crippen LogP contribution is -2.07. The molecule has 1 rings (SSSR count). The van der Waals surface area contributed by atoms with E-state index in [2.05, 4.69) is 20.9 Å². The van der Waals surface area contributed by atoms with E-state index >= 15 is 0 Å². The van der Waals surface area contributed by atoms with E-state index in [4.69, 9.17) is 4.74 Å². The normalized spacial score (nSPS) is 10.2. The maximum atomic E-state index is 10.5. The monoisotopic (exact) mass is 243 g/mol. The molecule has 13 heavy (non-hydrogen) atoms. The molecule has 0 N–H and O–H groups in total. The SMILES string of the molecule is CC(C)Oc1ccc(Br)c(C=O)n1. The summed E-state index contributed by atoms with van der Waals surface area (Å²) in [5.74, 6) is 0.473. The molecule has 0 saturated heterocycles. The summed E-state index contributed by atoms with van der Waals surface area (Å²) in [7, 11) is 0. The summed E-state index contributed by atoms with van der Waals surface area (Å²) in [5.41, 5.74) is 0.359. The smallest absolute Gasteiger partial charge is 0.214 e. The second-order valence-corrected chi connectivity index (χ2v) is 3.66. The molecule has 0 aliphatic carbocycles. The topological polar surface area (TPSA) is 39.2 Å². The number of hydrogen-bond acceptors (Lipinski definition) is 3. The lowest BCUT2D eigenvalue weighted by molar-refractivity contribution is 0.111. The number of pyridine rings is 1. The second kappa shape index (κ2) is 4.37. The summed E-state index contributed by atoms with van der Waals surface area (Å²) in [6.45, 7) is 3.81. The molecule has 0 bridgehead atoms. The van der Waals surface area contributed by atoms with E-state index in [1.54, 1.807) is 12.1 Å². The molecule has 4 heteroatoms. The van der Waals surface area contributed by atoms with Crippen LogP contribution in [0.4, 0.5) is 0 Å². The van der Waals surface area contributed by atoms with E-state index < -0.39 is 0 Å². The van der Waals surface area contributed by atoms with E-state index in [0.29, 0.717) is 22.3 Å². The fraction of sp³-hybridized carbons (Fsp3) is 0.333. The first-order valence-corrected chi connectivity index (χ1v) is 4.71. The van der Waals surface area contributed by atoms with Crippen molar-refractivity contribution in [2.45, 2.75) is 20.0 Å². The van der Waals surface area contributed by atoms with E-state index in [1.807, 2.05) is 13.8 Å². The van der Waals surface area contributed by atoms with Gasteiger partial charge >= 0.3 is 0 Å². The first kappa shape index (κ1) is 10.2. The third kappa shape index (κ3) is 2.81. The molecule has 0 aromatic carbocycles. The van der Waals surface area contributed by atoms with Crippen LogP contribution in [0.15, 0.2) is 16.6 Å². The number of aromatic nitrogens is 1. The highest BCUT2D eigenvalue weighted by molar-refractivity contribution is 9.10. The van der Waals surface area contributed by atoms with Crippen LogP contribution < -0.4 is 4.74 Å². The minimum atomic E-state index is 0.0631. The summed E-state index contributed by atoms with van der Waals surface area (Å²) in [6, 6.07) is 3.46. The molecule has 0 aliphatic rings. The summed E-state index contributed by atoms with van der Waals surface area (Å²) in [4.78, 5) is 14.5. The van der Waals surface area contributed by atoms with Gasteiger partial charge in [-0.3, -0.25) is 4.79 Å². The van der Waals surface area contributed by atoms with Gasteiger partial charge in [0.25, 0.3) is 0 Å². The molecule has 0 radical (unpaired) electrons. The van der Waals surface area contributed by atoms with Crippen molar-refractivity contribution in [3.8, 4) is 5.88 Å². The van der Waals surface area contributed by atoms with Crippen LogP contribution >= 0.6 is 15.9 Å². The van der Waals surface area contributed by atoms with Crippen LogP contribution in [0.2, 0.25) is 0 Å². The Morgan fingerprint density at radius 3 is 2.77 bits per heavy atom. The number of carbonyl (C=O) groups is 1. The first-order valence-electron chi connectivity index (χ1n) is 3.92. The molecule has 0 atom stereocenters. The highest BCUT2D eigenvalue weighted by Crippen LogP contribution is 2.17. The van der Waals surface area contributed by atoms with Crippen molar-refractivity contribution in [1.29, 1.82) is 0 Å². The average Bonchev–Trinajstić information content (AvgIpc) is 2.07. The summed E-state index contributed by atoms with van der Waals surface area (Å²) >= 11 is 3.21. The minimum Gasteiger partial charge on any atom is -0.475 e. The summed E-state index contributed by atoms with van der Waals surface area (Å²) in [6.07, 6.45) is 0.755. The fourth-order valence-corrected chi connectivity index (χ4v) is 1.14. The largest absolute Gasteiger partial charge is 0.475 e. The number of hydrogen-bond donors (Lipinski definition) is 0. The van der Waals surface area contributed by atoms with Gasteiger partial charge in [0.2, 0.25) is 5.88 Å². The van der Waals surface area contributed by atoms with Crippen LogP contribution in [-0.4, -0.2) is 17.4 Å². The Labute approximate surface area is 85.3 Å². The molecule has 1 aromatic heterocycles. The Bertz CT molecular complexity index is 312. The van der Waals surface area contributed by atoms with Crippen molar-refractivity contribution in [3.63, 3.8) is 0 Å². The molecule has 0 aliphatic heterocycles. The standard InChI is InChI=1S/C9H10BrNO2/c1-6(2)13-9-4-3-7(10)8(5-12)11-9/h3-6H,1-2H3. The lowest BCUT2D eigenvalue weighted by Gasteiger charge is -2.08. The Balaban J connectivity index is 2.92. The molecule has 0 fully saturated rings. The fourth-order valence-electron chi connectivity index (χ4n) is 0.829. The van der Waals surface area contributed by atoms with Crippen LogP contribution in [-0.2, 0) is 0 Å². The zero-order valence-corrected chi connectivity index (χ0v) is 9.04. The van der Waals surface area contributed by atoms with Crippen LogP contribution in [0.25, 0.3) is 0 Å². The van der Waals surface area contributed by atoms with Gasteiger partial charge in [0.15, 0.2) is 6.29 Å². The van der Waals surface area contributed by atoms with Gasteiger partial charge in [0, 0.05) is 10.5 Å². The number of ether oxygens (including phenoxy) is 1. The minimum absolute atomic E-state index is 0.0631. The predicted octanol–water partition coefficient (Wildman–Crippen LogP) is 2.44. The Kier molecular flexibility index (Phi) is 3.42. The molecule has 70 valence electrons. The first-order chi connectivity index (χ1) is 6.13. The molecule has 1 aromatic rings. The summed E-state index contributed by atoms with van der Waals surface area (Å²) < 4.78 is 6.00. The molecular formula is C9H10BrNO2. The van der Waals surface area contributed by atoms with Crippen LogP contribution in [0.5, 0.6) is 5.88 Å². The predicted molar refractivity (Wildman–Crippen MR) is 53.1 cm³/mol. The number of halogens is 1. The van der Waals surface area contributed by atoms with E-state index in [1.165, 1.54) is 0 Å². The third-order valence-electron chi connectivity index (χ3n) is 1.32. The maximum absolute atomic E-state index is 10.5.